The molecule has 7 nitrogen and oxygen atoms in total. The Morgan fingerprint density at radius 3 is 2.71 bits per heavy atom. The number of carbonyl (C=O) groups excluding carboxylic acids is 2. The summed E-state index contributed by atoms with van der Waals surface area (Å²) in [6.45, 7) is 0.456. The lowest BCUT2D eigenvalue weighted by Crippen LogP contribution is -2.38. The monoisotopic (exact) mass is 424 g/mol. The maximum Gasteiger partial charge on any atom is 0.267 e. The fourth-order valence-electron chi connectivity index (χ4n) is 3.76. The molecule has 1 aliphatic heterocycles. The first-order chi connectivity index (χ1) is 15.1. The lowest BCUT2D eigenvalue weighted by molar-refractivity contribution is -0.132. The van der Waals surface area contributed by atoms with E-state index in [1.807, 2.05) is 12.1 Å². The first kappa shape index (κ1) is 21.0. The van der Waals surface area contributed by atoms with E-state index in [1.54, 1.807) is 18.3 Å². The fraction of sp³-hybridized carbons (Fsp3) is 0.391. The van der Waals surface area contributed by atoms with Crippen LogP contribution >= 0.6 is 0 Å². The molecule has 2 aromatic rings. The van der Waals surface area contributed by atoms with Crippen LogP contribution in [-0.2, 0) is 22.7 Å². The van der Waals surface area contributed by atoms with Crippen molar-refractivity contribution in [1.29, 1.82) is 0 Å². The number of rotatable bonds is 7. The van der Waals surface area contributed by atoms with Gasteiger partial charge in [0.15, 0.2) is 0 Å². The number of hydrogen-bond acceptors (Lipinski definition) is 5. The highest BCUT2D eigenvalue weighted by molar-refractivity contribution is 6.39. The number of halogens is 1. The van der Waals surface area contributed by atoms with Crippen molar-refractivity contribution in [2.75, 3.05) is 0 Å². The highest BCUT2D eigenvalue weighted by Crippen LogP contribution is 2.25. The molecule has 1 aliphatic carbocycles. The fourth-order valence-corrected chi connectivity index (χ4v) is 3.76. The second kappa shape index (κ2) is 9.68. The molecular weight excluding hydrogens is 399 g/mol. The molecule has 0 unspecified atom stereocenters. The van der Waals surface area contributed by atoms with Crippen molar-refractivity contribution in [3.05, 3.63) is 59.5 Å². The van der Waals surface area contributed by atoms with Crippen LogP contribution in [0.25, 0.3) is 0 Å². The van der Waals surface area contributed by atoms with E-state index in [1.165, 1.54) is 17.1 Å². The van der Waals surface area contributed by atoms with Gasteiger partial charge in [0.25, 0.3) is 5.91 Å². The Balaban J connectivity index is 1.39. The third-order valence-electron chi connectivity index (χ3n) is 5.48. The standard InChI is InChI=1S/C23H25FN4O3/c24-18-9-7-16(8-10-18)15-28-21(29)12-11-20(27-28)22(30)26-14-17-4-3-13-25-23(17)31-19-5-1-2-6-19/h3-4,7-10,13,19H,1-2,5-6,11-12,14-15H2,(H,26,30). The number of amides is 2. The van der Waals surface area contributed by atoms with Gasteiger partial charge in [-0.25, -0.2) is 14.4 Å². The largest absolute Gasteiger partial charge is 0.474 e. The number of hydrogen-bond donors (Lipinski definition) is 1. The smallest absolute Gasteiger partial charge is 0.267 e. The second-order valence-corrected chi connectivity index (χ2v) is 7.80. The summed E-state index contributed by atoms with van der Waals surface area (Å²) < 4.78 is 19.1. The van der Waals surface area contributed by atoms with Crippen LogP contribution in [0.2, 0.25) is 0 Å². The average Bonchev–Trinajstić information content (AvgIpc) is 3.29. The zero-order valence-corrected chi connectivity index (χ0v) is 17.2. The Labute approximate surface area is 180 Å². The van der Waals surface area contributed by atoms with Crippen LogP contribution in [0.1, 0.15) is 49.7 Å². The minimum absolute atomic E-state index is 0.166. The Hall–Kier alpha value is -3.29. The van der Waals surface area contributed by atoms with Crippen LogP contribution < -0.4 is 10.1 Å². The highest BCUT2D eigenvalue weighted by Gasteiger charge is 2.25. The molecule has 2 amide bonds. The third-order valence-corrected chi connectivity index (χ3v) is 5.48. The topological polar surface area (TPSA) is 83.9 Å². The predicted molar refractivity (Wildman–Crippen MR) is 113 cm³/mol. The number of aromatic nitrogens is 1. The summed E-state index contributed by atoms with van der Waals surface area (Å²) in [5, 5.41) is 8.38. The predicted octanol–water partition coefficient (Wildman–Crippen LogP) is 3.34. The molecule has 1 aromatic carbocycles. The molecule has 0 spiro atoms. The highest BCUT2D eigenvalue weighted by atomic mass is 19.1. The van der Waals surface area contributed by atoms with Gasteiger partial charge in [-0.2, -0.15) is 5.10 Å². The number of nitrogens with zero attached hydrogens (tertiary/aromatic N) is 3. The van der Waals surface area contributed by atoms with Crippen molar-refractivity contribution in [1.82, 2.24) is 15.3 Å². The van der Waals surface area contributed by atoms with Gasteiger partial charge in [-0.05, 0) is 49.4 Å². The van der Waals surface area contributed by atoms with E-state index >= 15 is 0 Å². The summed E-state index contributed by atoms with van der Waals surface area (Å²) in [7, 11) is 0. The molecule has 8 heteroatoms. The van der Waals surface area contributed by atoms with Gasteiger partial charge in [0.2, 0.25) is 11.8 Å². The van der Waals surface area contributed by atoms with Crippen LogP contribution in [0.15, 0.2) is 47.7 Å². The molecule has 31 heavy (non-hydrogen) atoms. The number of pyridine rings is 1. The first-order valence-corrected chi connectivity index (χ1v) is 10.6. The summed E-state index contributed by atoms with van der Waals surface area (Å²) in [5.74, 6) is -0.287. The first-order valence-electron chi connectivity index (χ1n) is 10.6. The third kappa shape index (κ3) is 5.45. The van der Waals surface area contributed by atoms with Crippen LogP contribution in [0, 0.1) is 5.82 Å². The van der Waals surface area contributed by atoms with E-state index in [-0.39, 0.29) is 49.7 Å². The molecule has 162 valence electrons. The number of benzene rings is 1. The summed E-state index contributed by atoms with van der Waals surface area (Å²) in [4.78, 5) is 29.2. The molecule has 0 bridgehead atoms. The Morgan fingerprint density at radius 2 is 1.94 bits per heavy atom. The van der Waals surface area contributed by atoms with Crippen molar-refractivity contribution < 1.29 is 18.7 Å². The normalized spacial score (nSPS) is 16.9. The van der Waals surface area contributed by atoms with Gasteiger partial charge in [0, 0.05) is 31.1 Å². The van der Waals surface area contributed by atoms with Crippen molar-refractivity contribution in [3.63, 3.8) is 0 Å². The maximum absolute atomic E-state index is 13.1. The van der Waals surface area contributed by atoms with Gasteiger partial charge < -0.3 is 10.1 Å². The molecule has 1 aromatic heterocycles. The van der Waals surface area contributed by atoms with Gasteiger partial charge in [0.05, 0.1) is 6.54 Å². The lowest BCUT2D eigenvalue weighted by atomic mass is 10.1. The molecule has 1 fully saturated rings. The molecule has 2 heterocycles. The van der Waals surface area contributed by atoms with Crippen molar-refractivity contribution in [2.24, 2.45) is 5.10 Å². The van der Waals surface area contributed by atoms with E-state index in [9.17, 15) is 14.0 Å². The van der Waals surface area contributed by atoms with Gasteiger partial charge in [0.1, 0.15) is 17.6 Å². The van der Waals surface area contributed by atoms with Crippen LogP contribution in [-0.4, -0.2) is 33.6 Å². The lowest BCUT2D eigenvalue weighted by Gasteiger charge is -2.23. The zero-order chi connectivity index (χ0) is 21.6. The summed E-state index contributed by atoms with van der Waals surface area (Å²) in [5.41, 5.74) is 1.84. The summed E-state index contributed by atoms with van der Waals surface area (Å²) in [6.07, 6.45) is 6.72. The van der Waals surface area contributed by atoms with Crippen LogP contribution in [0.4, 0.5) is 4.39 Å². The number of nitrogens with one attached hydrogen (secondary N) is 1. The zero-order valence-electron chi connectivity index (χ0n) is 17.2. The van der Waals surface area contributed by atoms with Crippen LogP contribution in [0.3, 0.4) is 0 Å². The quantitative estimate of drug-likeness (QED) is 0.739. The van der Waals surface area contributed by atoms with Crippen LogP contribution in [0.5, 0.6) is 5.88 Å². The van der Waals surface area contributed by atoms with E-state index in [4.69, 9.17) is 4.74 Å². The second-order valence-electron chi connectivity index (χ2n) is 7.80. The number of ether oxygens (including phenoxy) is 1. The molecule has 0 radical (unpaired) electrons. The van der Waals surface area contributed by atoms with E-state index in [0.717, 1.165) is 36.8 Å². The van der Waals surface area contributed by atoms with E-state index < -0.39 is 0 Å². The van der Waals surface area contributed by atoms with Crippen molar-refractivity contribution >= 4 is 17.5 Å². The molecule has 1 saturated carbocycles. The minimum atomic E-state index is -0.344. The molecule has 0 atom stereocenters. The molecule has 1 N–H and O–H groups in total. The summed E-state index contributed by atoms with van der Waals surface area (Å²) in [6, 6.07) is 9.55. The summed E-state index contributed by atoms with van der Waals surface area (Å²) >= 11 is 0. The average molecular weight is 424 g/mol. The number of hydrazone groups is 1. The van der Waals surface area contributed by atoms with Gasteiger partial charge >= 0.3 is 0 Å². The van der Waals surface area contributed by atoms with Crippen molar-refractivity contribution in [3.8, 4) is 5.88 Å². The van der Waals surface area contributed by atoms with Gasteiger partial charge in [-0.3, -0.25) is 9.59 Å². The molecule has 4 rings (SSSR count). The molecule has 2 aliphatic rings. The number of carbonyl (C=O) groups is 2. The SMILES string of the molecule is O=C(NCc1cccnc1OC1CCCC1)C1=NN(Cc2ccc(F)cc2)C(=O)CC1. The van der Waals surface area contributed by atoms with E-state index in [0.29, 0.717) is 11.6 Å². The van der Waals surface area contributed by atoms with Gasteiger partial charge in [-0.1, -0.05) is 18.2 Å². The van der Waals surface area contributed by atoms with Gasteiger partial charge in [-0.15, -0.1) is 0 Å². The Kier molecular flexibility index (Phi) is 6.54. The van der Waals surface area contributed by atoms with Crippen molar-refractivity contribution in [2.45, 2.75) is 57.7 Å². The molecular formula is C23H25FN4O3. The minimum Gasteiger partial charge on any atom is -0.474 e. The molecule has 0 saturated heterocycles. The van der Waals surface area contributed by atoms with E-state index in [2.05, 4.69) is 15.4 Å². The Morgan fingerprint density at radius 1 is 1.16 bits per heavy atom. The maximum atomic E-state index is 13.1. The Bertz CT molecular complexity index is 971.